The Balaban J connectivity index is 2.03. The van der Waals surface area contributed by atoms with Crippen LogP contribution in [0.4, 0.5) is 0 Å². The molecule has 0 aliphatic carbocycles. The number of furan rings is 1. The highest BCUT2D eigenvalue weighted by Crippen LogP contribution is 2.25. The van der Waals surface area contributed by atoms with Gasteiger partial charge in [0, 0.05) is 5.56 Å². The van der Waals surface area contributed by atoms with Gasteiger partial charge in [-0.25, -0.2) is 0 Å². The number of rotatable bonds is 7. The van der Waals surface area contributed by atoms with Crippen LogP contribution in [0.5, 0.6) is 5.75 Å². The molecule has 0 radical (unpaired) electrons. The van der Waals surface area contributed by atoms with Gasteiger partial charge in [-0.2, -0.15) is 0 Å². The molecule has 0 saturated carbocycles. The predicted octanol–water partition coefficient (Wildman–Crippen LogP) is 3.65. The van der Waals surface area contributed by atoms with Crippen molar-refractivity contribution < 1.29 is 13.9 Å². The minimum Gasteiger partial charge on any atom is -0.495 e. The van der Waals surface area contributed by atoms with Gasteiger partial charge in [0.25, 0.3) is 0 Å². The maximum absolute atomic E-state index is 12.3. The lowest BCUT2D eigenvalue weighted by atomic mass is 10.1. The number of likely N-dealkylation sites (N-methyl/N-ethyl adjacent to an activating group) is 1. The number of Topliss-reactive ketones (excluding diaryl/α,β-unsaturated/α-hetero) is 1. The third-order valence-corrected chi connectivity index (χ3v) is 3.54. The zero-order chi connectivity index (χ0) is 15.2. The third kappa shape index (κ3) is 4.09. The summed E-state index contributed by atoms with van der Waals surface area (Å²) in [6, 6.07) is 8.82. The van der Waals surface area contributed by atoms with Crippen LogP contribution in [-0.4, -0.2) is 30.9 Å². The van der Waals surface area contributed by atoms with Gasteiger partial charge in [-0.15, -0.1) is 0 Å². The summed E-state index contributed by atoms with van der Waals surface area (Å²) in [5.74, 6) is 1.43. The number of carbonyl (C=O) groups is 1. The smallest absolute Gasteiger partial charge is 0.176 e. The van der Waals surface area contributed by atoms with Crippen molar-refractivity contribution in [2.24, 2.45) is 0 Å². The zero-order valence-electron chi connectivity index (χ0n) is 12.1. The first-order valence-corrected chi connectivity index (χ1v) is 7.13. The van der Waals surface area contributed by atoms with E-state index in [0.29, 0.717) is 29.4 Å². The fourth-order valence-corrected chi connectivity index (χ4v) is 2.29. The normalized spacial score (nSPS) is 10.9. The maximum Gasteiger partial charge on any atom is 0.176 e. The lowest BCUT2D eigenvalue weighted by Gasteiger charge is -2.18. The number of ether oxygens (including phenoxy) is 1. The first kappa shape index (κ1) is 15.6. The van der Waals surface area contributed by atoms with E-state index in [4.69, 9.17) is 20.8 Å². The van der Waals surface area contributed by atoms with Crippen LogP contribution in [-0.2, 0) is 6.54 Å². The van der Waals surface area contributed by atoms with Gasteiger partial charge >= 0.3 is 0 Å². The van der Waals surface area contributed by atoms with Crippen LogP contribution in [0.25, 0.3) is 0 Å². The molecule has 112 valence electrons. The van der Waals surface area contributed by atoms with Crippen LogP contribution < -0.4 is 4.74 Å². The van der Waals surface area contributed by atoms with E-state index in [1.807, 2.05) is 24.0 Å². The Hall–Kier alpha value is -1.78. The van der Waals surface area contributed by atoms with Crippen molar-refractivity contribution in [3.05, 3.63) is 52.9 Å². The molecule has 0 unspecified atom stereocenters. The third-order valence-electron chi connectivity index (χ3n) is 3.25. The van der Waals surface area contributed by atoms with Gasteiger partial charge in [0.1, 0.15) is 11.5 Å². The standard InChI is InChI=1S/C16H18ClNO3/c1-3-18(10-13-5-4-8-21-13)11-15(19)12-6-7-16(20-2)14(17)9-12/h4-9H,3,10-11H2,1-2H3. The number of halogens is 1. The van der Waals surface area contributed by atoms with Crippen LogP contribution in [0.2, 0.25) is 5.02 Å². The number of ketones is 1. The van der Waals surface area contributed by atoms with Gasteiger partial charge in [-0.3, -0.25) is 9.69 Å². The van der Waals surface area contributed by atoms with Crippen LogP contribution >= 0.6 is 11.6 Å². The summed E-state index contributed by atoms with van der Waals surface area (Å²) in [5.41, 5.74) is 0.582. The summed E-state index contributed by atoms with van der Waals surface area (Å²) in [6.07, 6.45) is 1.63. The molecular formula is C16H18ClNO3. The number of benzene rings is 1. The summed E-state index contributed by atoms with van der Waals surface area (Å²) in [5, 5.41) is 0.442. The van der Waals surface area contributed by atoms with Gasteiger partial charge in [-0.1, -0.05) is 18.5 Å². The number of methoxy groups -OCH3 is 1. The molecule has 0 aliphatic heterocycles. The molecule has 0 bridgehead atoms. The predicted molar refractivity (Wildman–Crippen MR) is 82.0 cm³/mol. The molecule has 0 amide bonds. The zero-order valence-corrected chi connectivity index (χ0v) is 12.9. The summed E-state index contributed by atoms with van der Waals surface area (Å²) in [7, 11) is 1.55. The quantitative estimate of drug-likeness (QED) is 0.732. The molecule has 0 spiro atoms. The van der Waals surface area contributed by atoms with E-state index in [1.54, 1.807) is 31.6 Å². The molecule has 0 atom stereocenters. The van der Waals surface area contributed by atoms with Crippen molar-refractivity contribution >= 4 is 17.4 Å². The fourth-order valence-electron chi connectivity index (χ4n) is 2.04. The van der Waals surface area contributed by atoms with Gasteiger partial charge in [-0.05, 0) is 36.9 Å². The molecule has 1 heterocycles. The largest absolute Gasteiger partial charge is 0.495 e. The topological polar surface area (TPSA) is 42.7 Å². The van der Waals surface area contributed by atoms with E-state index in [9.17, 15) is 4.79 Å². The van der Waals surface area contributed by atoms with Crippen molar-refractivity contribution in [1.29, 1.82) is 0 Å². The van der Waals surface area contributed by atoms with Crippen LogP contribution in [0.15, 0.2) is 41.0 Å². The molecule has 2 rings (SSSR count). The number of nitrogens with zero attached hydrogens (tertiary/aromatic N) is 1. The lowest BCUT2D eigenvalue weighted by Crippen LogP contribution is -2.29. The Kier molecular flexibility index (Phi) is 5.42. The minimum absolute atomic E-state index is 0.0213. The molecule has 0 fully saturated rings. The number of hydrogen-bond donors (Lipinski definition) is 0. The van der Waals surface area contributed by atoms with E-state index in [0.717, 1.165) is 12.3 Å². The highest BCUT2D eigenvalue weighted by molar-refractivity contribution is 6.32. The highest BCUT2D eigenvalue weighted by atomic mass is 35.5. The Morgan fingerprint density at radius 3 is 2.76 bits per heavy atom. The van der Waals surface area contributed by atoms with Gasteiger partial charge in [0.15, 0.2) is 5.78 Å². The fraction of sp³-hybridized carbons (Fsp3) is 0.312. The average Bonchev–Trinajstić information content (AvgIpc) is 2.99. The molecule has 1 aromatic carbocycles. The van der Waals surface area contributed by atoms with Gasteiger partial charge < -0.3 is 9.15 Å². The van der Waals surface area contributed by atoms with Crippen molar-refractivity contribution in [2.75, 3.05) is 20.2 Å². The molecule has 1 aromatic heterocycles. The monoisotopic (exact) mass is 307 g/mol. The Labute approximate surface area is 129 Å². The molecular weight excluding hydrogens is 290 g/mol. The van der Waals surface area contributed by atoms with Crippen LogP contribution in [0, 0.1) is 0 Å². The molecule has 0 aliphatic rings. The lowest BCUT2D eigenvalue weighted by molar-refractivity contribution is 0.0925. The summed E-state index contributed by atoms with van der Waals surface area (Å²) in [4.78, 5) is 14.3. The Morgan fingerprint density at radius 2 is 2.19 bits per heavy atom. The number of hydrogen-bond acceptors (Lipinski definition) is 4. The second-order valence-corrected chi connectivity index (χ2v) is 5.06. The molecule has 5 heteroatoms. The highest BCUT2D eigenvalue weighted by Gasteiger charge is 2.14. The van der Waals surface area contributed by atoms with Crippen LogP contribution in [0.1, 0.15) is 23.0 Å². The molecule has 21 heavy (non-hydrogen) atoms. The SMILES string of the molecule is CCN(CC(=O)c1ccc(OC)c(Cl)c1)Cc1ccco1. The van der Waals surface area contributed by atoms with E-state index in [2.05, 4.69) is 0 Å². The summed E-state index contributed by atoms with van der Waals surface area (Å²) >= 11 is 6.05. The molecule has 4 nitrogen and oxygen atoms in total. The molecule has 2 aromatic rings. The average molecular weight is 308 g/mol. The number of carbonyl (C=O) groups excluding carboxylic acids is 1. The first-order chi connectivity index (χ1) is 10.1. The molecule has 0 N–H and O–H groups in total. The van der Waals surface area contributed by atoms with Crippen molar-refractivity contribution in [3.63, 3.8) is 0 Å². The second kappa shape index (κ2) is 7.29. The Bertz CT molecular complexity index is 596. The first-order valence-electron chi connectivity index (χ1n) is 6.75. The van der Waals surface area contributed by atoms with Gasteiger partial charge in [0.05, 0.1) is 31.5 Å². The summed E-state index contributed by atoms with van der Waals surface area (Å²) in [6.45, 7) is 3.70. The maximum atomic E-state index is 12.3. The van der Waals surface area contributed by atoms with E-state index < -0.39 is 0 Å². The van der Waals surface area contributed by atoms with Crippen LogP contribution in [0.3, 0.4) is 0 Å². The van der Waals surface area contributed by atoms with Gasteiger partial charge in [0.2, 0.25) is 0 Å². The Morgan fingerprint density at radius 1 is 1.38 bits per heavy atom. The van der Waals surface area contributed by atoms with Crippen molar-refractivity contribution in [3.8, 4) is 5.75 Å². The van der Waals surface area contributed by atoms with Crippen molar-refractivity contribution in [2.45, 2.75) is 13.5 Å². The van der Waals surface area contributed by atoms with Crippen molar-refractivity contribution in [1.82, 2.24) is 4.90 Å². The minimum atomic E-state index is 0.0213. The van der Waals surface area contributed by atoms with E-state index >= 15 is 0 Å². The molecule has 0 saturated heterocycles. The van der Waals surface area contributed by atoms with E-state index in [1.165, 1.54) is 0 Å². The summed E-state index contributed by atoms with van der Waals surface area (Å²) < 4.78 is 10.4. The van der Waals surface area contributed by atoms with E-state index in [-0.39, 0.29) is 5.78 Å². The second-order valence-electron chi connectivity index (χ2n) is 4.66.